The lowest BCUT2D eigenvalue weighted by atomic mass is 9.83. The van der Waals surface area contributed by atoms with Crippen LogP contribution in [0.25, 0.3) is 0 Å². The molecule has 11 heteroatoms. The van der Waals surface area contributed by atoms with Crippen molar-refractivity contribution < 1.29 is 34.1 Å². The summed E-state index contributed by atoms with van der Waals surface area (Å²) >= 11 is 0. The van der Waals surface area contributed by atoms with Gasteiger partial charge in [0.15, 0.2) is 11.5 Å². The summed E-state index contributed by atoms with van der Waals surface area (Å²) in [5.74, 6) is -0.998. The van der Waals surface area contributed by atoms with Crippen LogP contribution in [0.5, 0.6) is 0 Å². The molecule has 0 radical (unpaired) electrons. The summed E-state index contributed by atoms with van der Waals surface area (Å²) < 4.78 is 11.5. The fourth-order valence-electron chi connectivity index (χ4n) is 4.63. The van der Waals surface area contributed by atoms with Crippen LogP contribution in [-0.2, 0) is 19.1 Å². The third-order valence-corrected chi connectivity index (χ3v) is 5.95. The van der Waals surface area contributed by atoms with E-state index in [2.05, 4.69) is 11.1 Å². The maximum atomic E-state index is 13.2. The van der Waals surface area contributed by atoms with Crippen LogP contribution in [0.4, 0.5) is 4.79 Å². The van der Waals surface area contributed by atoms with E-state index in [9.17, 15) is 14.7 Å². The van der Waals surface area contributed by atoms with Crippen molar-refractivity contribution in [3.63, 3.8) is 0 Å². The zero-order valence-electron chi connectivity index (χ0n) is 17.5. The predicted molar refractivity (Wildman–Crippen MR) is 104 cm³/mol. The van der Waals surface area contributed by atoms with Gasteiger partial charge in [-0.05, 0) is 21.0 Å². The fourth-order valence-corrected chi connectivity index (χ4v) is 4.63. The molecule has 1 amide bonds. The van der Waals surface area contributed by atoms with E-state index in [1.807, 2.05) is 23.9 Å². The molecule has 4 atom stereocenters. The number of nitrogens with two attached hydrogens (primary N) is 1. The summed E-state index contributed by atoms with van der Waals surface area (Å²) in [6, 6.07) is 0.234. The van der Waals surface area contributed by atoms with Crippen LogP contribution in [-0.4, -0.2) is 103 Å². The zero-order chi connectivity index (χ0) is 22.4. The molecule has 0 aromatic heterocycles. The highest BCUT2D eigenvalue weighted by Gasteiger charge is 2.72. The van der Waals surface area contributed by atoms with Gasteiger partial charge in [0.25, 0.3) is 0 Å². The monoisotopic (exact) mass is 424 g/mol. The Hall–Kier alpha value is -2.47. The molecule has 4 aliphatic rings. The number of nitrogens with one attached hydrogen (secondary N) is 1. The van der Waals surface area contributed by atoms with Gasteiger partial charge >= 0.3 is 6.09 Å². The third kappa shape index (κ3) is 3.27. The van der Waals surface area contributed by atoms with Crippen LogP contribution in [0.1, 0.15) is 6.92 Å². The normalized spacial score (nSPS) is 31.4. The first kappa shape index (κ1) is 22.2. The van der Waals surface area contributed by atoms with Crippen LogP contribution >= 0.6 is 0 Å². The highest BCUT2D eigenvalue weighted by Crippen LogP contribution is 2.55. The average molecular weight is 424 g/mol. The molecule has 5 N–H and O–H groups in total. The number of carboxylic acid groups (broad SMARTS) is 1. The van der Waals surface area contributed by atoms with Crippen molar-refractivity contribution in [3.8, 4) is 0 Å². The van der Waals surface area contributed by atoms with Gasteiger partial charge in [-0.3, -0.25) is 9.59 Å². The average Bonchev–Trinajstić information content (AvgIpc) is 3.27. The number of fused-ring (bicyclic) bond motifs is 4. The van der Waals surface area contributed by atoms with E-state index in [4.69, 9.17) is 19.4 Å². The Morgan fingerprint density at radius 1 is 1.37 bits per heavy atom. The second-order valence-corrected chi connectivity index (χ2v) is 7.92. The minimum atomic E-state index is -1.33. The summed E-state index contributed by atoms with van der Waals surface area (Å²) in [6.45, 7) is 2.91. The lowest BCUT2D eigenvalue weighted by Crippen LogP contribution is -2.54. The lowest BCUT2D eigenvalue weighted by molar-refractivity contribution is -0.137. The number of ketones is 2. The molecular weight excluding hydrogens is 396 g/mol. The van der Waals surface area contributed by atoms with Gasteiger partial charge in [-0.2, -0.15) is 0 Å². The van der Waals surface area contributed by atoms with E-state index < -0.39 is 17.7 Å². The first-order chi connectivity index (χ1) is 14.1. The summed E-state index contributed by atoms with van der Waals surface area (Å²) in [4.78, 5) is 38.9. The number of aliphatic hydroxyl groups is 1. The Labute approximate surface area is 174 Å². The fraction of sp³-hybridized carbons (Fsp3) is 0.632. The van der Waals surface area contributed by atoms with Gasteiger partial charge in [0.05, 0.1) is 24.3 Å². The molecule has 0 saturated carbocycles. The Morgan fingerprint density at radius 3 is 2.53 bits per heavy atom. The van der Waals surface area contributed by atoms with Gasteiger partial charge in [-0.1, -0.05) is 0 Å². The van der Waals surface area contributed by atoms with E-state index in [-0.39, 0.29) is 36.0 Å². The number of carbonyl (C=O) groups is 3. The van der Waals surface area contributed by atoms with Gasteiger partial charge in [0.2, 0.25) is 11.6 Å². The van der Waals surface area contributed by atoms with Crippen molar-refractivity contribution in [1.82, 2.24) is 15.1 Å². The number of rotatable bonds is 6. The molecule has 2 fully saturated rings. The molecule has 0 spiro atoms. The number of nitrogens with zero attached hydrogens (tertiary/aromatic N) is 2. The topological polar surface area (TPSA) is 165 Å². The van der Waals surface area contributed by atoms with Gasteiger partial charge in [0, 0.05) is 37.4 Å². The van der Waals surface area contributed by atoms with E-state index in [0.717, 1.165) is 0 Å². The molecular formula is C19H28N4O7. The molecule has 0 aromatic carbocycles. The minimum Gasteiger partial charge on any atom is -0.488 e. The number of piperazine rings is 1. The summed E-state index contributed by atoms with van der Waals surface area (Å²) in [7, 11) is 5.39. The molecule has 1 aliphatic carbocycles. The maximum absolute atomic E-state index is 13.2. The number of aliphatic hydroxyl groups excluding tert-OH is 1. The largest absolute Gasteiger partial charge is 0.488 e. The molecule has 11 nitrogen and oxygen atoms in total. The molecule has 3 heterocycles. The smallest absolute Gasteiger partial charge is 0.402 e. The minimum absolute atomic E-state index is 0.00858. The first-order valence-electron chi connectivity index (χ1n) is 9.61. The number of primary amides is 1. The standard InChI is InChI=1S/C18H25N3O5.CH3NO2/c1-9-14(23)13-12(15(24)16(9)26-6-5-20(2)3)10(8-22)18(25-4)17-11(19-17)7-21(13)18;2-1(3)4/h10-11,17,19,22H,5-8H2,1-4H3;2H2,(H,3,4). The van der Waals surface area contributed by atoms with Crippen LogP contribution in [0.3, 0.4) is 0 Å². The van der Waals surface area contributed by atoms with Crippen LogP contribution in [0.2, 0.25) is 0 Å². The molecule has 0 bridgehead atoms. The highest BCUT2D eigenvalue weighted by molar-refractivity contribution is 6.25. The molecule has 4 unspecified atom stereocenters. The second-order valence-electron chi connectivity index (χ2n) is 7.92. The van der Waals surface area contributed by atoms with E-state index >= 15 is 0 Å². The highest BCUT2D eigenvalue weighted by atomic mass is 16.5. The number of allylic oxidation sites excluding steroid dienone is 2. The van der Waals surface area contributed by atoms with Gasteiger partial charge in [0.1, 0.15) is 6.61 Å². The van der Waals surface area contributed by atoms with Gasteiger partial charge in [-0.25, -0.2) is 4.79 Å². The third-order valence-electron chi connectivity index (χ3n) is 5.95. The van der Waals surface area contributed by atoms with Crippen molar-refractivity contribution in [2.45, 2.75) is 24.7 Å². The lowest BCUT2D eigenvalue weighted by Gasteiger charge is -2.39. The predicted octanol–water partition coefficient (Wildman–Crippen LogP) is -1.51. The Balaban J connectivity index is 0.000000589. The SMILES string of the molecule is COC12C(CO)C3=C(C(=O)C(C)=C(OCCN(C)C)C3=O)N1CC1NC12.NC(=O)O. The zero-order valence-corrected chi connectivity index (χ0v) is 17.5. The first-order valence-corrected chi connectivity index (χ1v) is 9.61. The van der Waals surface area contributed by atoms with Crippen LogP contribution in [0, 0.1) is 5.92 Å². The van der Waals surface area contributed by atoms with Crippen molar-refractivity contribution in [3.05, 3.63) is 22.6 Å². The number of likely N-dealkylation sites (N-methyl/N-ethyl adjacent to an activating group) is 1. The number of ether oxygens (including phenoxy) is 2. The van der Waals surface area contributed by atoms with E-state index in [1.165, 1.54) is 0 Å². The maximum Gasteiger partial charge on any atom is 0.402 e. The molecule has 4 rings (SSSR count). The quantitative estimate of drug-likeness (QED) is 0.291. The Morgan fingerprint density at radius 2 is 2.00 bits per heavy atom. The Kier molecular flexibility index (Phi) is 5.92. The summed E-state index contributed by atoms with van der Waals surface area (Å²) in [5.41, 5.74) is 4.18. The summed E-state index contributed by atoms with van der Waals surface area (Å²) in [6.07, 6.45) is -1.33. The van der Waals surface area contributed by atoms with Crippen LogP contribution < -0.4 is 11.1 Å². The second kappa shape index (κ2) is 7.99. The number of hydrogen-bond acceptors (Lipinski definition) is 9. The van der Waals surface area contributed by atoms with E-state index in [1.54, 1.807) is 14.0 Å². The van der Waals surface area contributed by atoms with Crippen molar-refractivity contribution in [2.24, 2.45) is 11.7 Å². The van der Waals surface area contributed by atoms with Crippen molar-refractivity contribution in [1.29, 1.82) is 0 Å². The summed E-state index contributed by atoms with van der Waals surface area (Å²) in [5, 5.41) is 20.6. The number of carbonyl (C=O) groups excluding carboxylic acids is 2. The molecule has 166 valence electrons. The van der Waals surface area contributed by atoms with Crippen LogP contribution in [0.15, 0.2) is 22.6 Å². The molecule has 30 heavy (non-hydrogen) atoms. The van der Waals surface area contributed by atoms with Gasteiger partial charge < -0.3 is 40.5 Å². The van der Waals surface area contributed by atoms with Crippen molar-refractivity contribution >= 4 is 17.7 Å². The van der Waals surface area contributed by atoms with Gasteiger partial charge in [-0.15, -0.1) is 0 Å². The molecule has 0 aromatic rings. The Bertz CT molecular complexity index is 833. The van der Waals surface area contributed by atoms with E-state index in [0.29, 0.717) is 36.5 Å². The molecule has 3 aliphatic heterocycles. The number of hydrogen-bond donors (Lipinski definition) is 4. The van der Waals surface area contributed by atoms with Crippen molar-refractivity contribution in [2.75, 3.05) is 47.5 Å². The number of amides is 1. The number of methoxy groups -OCH3 is 1. The molecule has 2 saturated heterocycles. The number of Topliss-reactive ketones (excluding diaryl/α,β-unsaturated/α-hetero) is 2.